The van der Waals surface area contributed by atoms with E-state index in [9.17, 15) is 4.39 Å². The van der Waals surface area contributed by atoms with Crippen molar-refractivity contribution < 1.29 is 9.13 Å². The van der Waals surface area contributed by atoms with Crippen molar-refractivity contribution in [1.29, 1.82) is 0 Å². The van der Waals surface area contributed by atoms with Crippen molar-refractivity contribution >= 4 is 18.1 Å². The zero-order chi connectivity index (χ0) is 13.0. The standard InChI is InChI=1S/C14H15FN2O.ClH/c1-10-7-12(17-16)8-13(14(10)15)18-9-11-5-3-2-4-6-11;/h2-8,17H,9,16H2,1H3;1H. The molecule has 0 atom stereocenters. The van der Waals surface area contributed by atoms with Gasteiger partial charge in [-0.1, -0.05) is 30.3 Å². The minimum absolute atomic E-state index is 0. The Bertz CT molecular complexity index is 534. The second-order valence-corrected chi connectivity index (χ2v) is 4.02. The molecule has 5 heteroatoms. The van der Waals surface area contributed by atoms with Gasteiger partial charge in [-0.25, -0.2) is 4.39 Å². The van der Waals surface area contributed by atoms with Crippen LogP contribution in [0.2, 0.25) is 0 Å². The molecule has 0 unspecified atom stereocenters. The number of aryl methyl sites for hydroxylation is 1. The van der Waals surface area contributed by atoms with E-state index in [0.717, 1.165) is 5.56 Å². The summed E-state index contributed by atoms with van der Waals surface area (Å²) in [4.78, 5) is 0. The maximum Gasteiger partial charge on any atom is 0.168 e. The van der Waals surface area contributed by atoms with Crippen LogP contribution in [-0.2, 0) is 6.61 Å². The Labute approximate surface area is 118 Å². The van der Waals surface area contributed by atoms with Gasteiger partial charge in [0.25, 0.3) is 0 Å². The molecule has 3 N–H and O–H groups in total. The van der Waals surface area contributed by atoms with E-state index in [4.69, 9.17) is 10.6 Å². The van der Waals surface area contributed by atoms with E-state index in [1.807, 2.05) is 30.3 Å². The van der Waals surface area contributed by atoms with E-state index < -0.39 is 0 Å². The first kappa shape index (κ1) is 15.3. The van der Waals surface area contributed by atoms with Gasteiger partial charge in [0.1, 0.15) is 6.61 Å². The van der Waals surface area contributed by atoms with Crippen LogP contribution in [0.15, 0.2) is 42.5 Å². The molecule has 2 aromatic carbocycles. The summed E-state index contributed by atoms with van der Waals surface area (Å²) >= 11 is 0. The van der Waals surface area contributed by atoms with E-state index >= 15 is 0 Å². The van der Waals surface area contributed by atoms with Crippen molar-refractivity contribution in [3.8, 4) is 5.75 Å². The minimum Gasteiger partial charge on any atom is -0.486 e. The maximum absolute atomic E-state index is 13.8. The summed E-state index contributed by atoms with van der Waals surface area (Å²) in [5.74, 6) is 5.16. The van der Waals surface area contributed by atoms with Crippen LogP contribution in [0.3, 0.4) is 0 Å². The number of hydrogen-bond donors (Lipinski definition) is 2. The monoisotopic (exact) mass is 282 g/mol. The Morgan fingerprint density at radius 1 is 1.21 bits per heavy atom. The first-order chi connectivity index (χ1) is 8.70. The fourth-order valence-corrected chi connectivity index (χ4v) is 1.66. The lowest BCUT2D eigenvalue weighted by Gasteiger charge is -2.11. The maximum atomic E-state index is 13.8. The Morgan fingerprint density at radius 2 is 1.89 bits per heavy atom. The van der Waals surface area contributed by atoms with Crippen LogP contribution in [0.1, 0.15) is 11.1 Å². The van der Waals surface area contributed by atoms with Gasteiger partial charge in [-0.2, -0.15) is 0 Å². The fourth-order valence-electron chi connectivity index (χ4n) is 1.66. The number of nitrogens with two attached hydrogens (primary N) is 1. The summed E-state index contributed by atoms with van der Waals surface area (Å²) in [7, 11) is 0. The van der Waals surface area contributed by atoms with E-state index in [1.165, 1.54) is 0 Å². The van der Waals surface area contributed by atoms with Crippen LogP contribution in [-0.4, -0.2) is 0 Å². The molecular weight excluding hydrogens is 267 g/mol. The highest BCUT2D eigenvalue weighted by Crippen LogP contribution is 2.25. The summed E-state index contributed by atoms with van der Waals surface area (Å²) < 4.78 is 19.3. The van der Waals surface area contributed by atoms with Gasteiger partial charge in [0.05, 0.1) is 5.69 Å². The number of nitrogens with one attached hydrogen (secondary N) is 1. The van der Waals surface area contributed by atoms with E-state index in [1.54, 1.807) is 19.1 Å². The Kier molecular flexibility index (Phi) is 5.60. The van der Waals surface area contributed by atoms with Crippen molar-refractivity contribution in [2.24, 2.45) is 5.84 Å². The van der Waals surface area contributed by atoms with Gasteiger partial charge in [0.15, 0.2) is 11.6 Å². The molecule has 0 amide bonds. The molecule has 0 aliphatic carbocycles. The number of halogens is 2. The molecule has 2 rings (SSSR count). The number of hydrazine groups is 1. The van der Waals surface area contributed by atoms with Crippen LogP contribution >= 0.6 is 12.4 Å². The van der Waals surface area contributed by atoms with Crippen LogP contribution in [0, 0.1) is 12.7 Å². The van der Waals surface area contributed by atoms with Gasteiger partial charge in [0.2, 0.25) is 0 Å². The molecule has 102 valence electrons. The lowest BCUT2D eigenvalue weighted by atomic mass is 10.2. The first-order valence-corrected chi connectivity index (χ1v) is 5.64. The lowest BCUT2D eigenvalue weighted by Crippen LogP contribution is -2.08. The average Bonchev–Trinajstić information content (AvgIpc) is 2.41. The van der Waals surface area contributed by atoms with E-state index in [0.29, 0.717) is 17.9 Å². The van der Waals surface area contributed by atoms with Crippen molar-refractivity contribution in [3.05, 3.63) is 59.4 Å². The molecule has 3 nitrogen and oxygen atoms in total. The number of hydrogen-bond acceptors (Lipinski definition) is 3. The topological polar surface area (TPSA) is 47.3 Å². The molecule has 19 heavy (non-hydrogen) atoms. The molecule has 0 radical (unpaired) electrons. The third-order valence-corrected chi connectivity index (χ3v) is 2.62. The van der Waals surface area contributed by atoms with Crippen molar-refractivity contribution in [1.82, 2.24) is 0 Å². The largest absolute Gasteiger partial charge is 0.486 e. The Hall–Kier alpha value is -1.78. The van der Waals surface area contributed by atoms with Gasteiger partial charge < -0.3 is 10.2 Å². The van der Waals surface area contributed by atoms with Crippen LogP contribution in [0.4, 0.5) is 10.1 Å². The predicted molar refractivity (Wildman–Crippen MR) is 77.0 cm³/mol. The van der Waals surface area contributed by atoms with Crippen LogP contribution in [0.5, 0.6) is 5.75 Å². The van der Waals surface area contributed by atoms with Gasteiger partial charge in [-0.3, -0.25) is 5.84 Å². The zero-order valence-corrected chi connectivity index (χ0v) is 11.3. The number of rotatable bonds is 4. The normalized spacial score (nSPS) is 9.63. The smallest absolute Gasteiger partial charge is 0.168 e. The van der Waals surface area contributed by atoms with Gasteiger partial charge >= 0.3 is 0 Å². The molecule has 0 saturated carbocycles. The molecule has 0 saturated heterocycles. The Balaban J connectivity index is 0.00000180. The molecule has 0 spiro atoms. The van der Waals surface area contributed by atoms with Gasteiger partial charge in [-0.15, -0.1) is 12.4 Å². The molecule has 0 fully saturated rings. The van der Waals surface area contributed by atoms with E-state index in [-0.39, 0.29) is 24.0 Å². The summed E-state index contributed by atoms with van der Waals surface area (Å²) in [5.41, 5.74) is 4.59. The van der Waals surface area contributed by atoms with Gasteiger partial charge in [-0.05, 0) is 24.1 Å². The quantitative estimate of drug-likeness (QED) is 0.667. The molecule has 0 heterocycles. The predicted octanol–water partition coefficient (Wildman–Crippen LogP) is 3.42. The SMILES string of the molecule is Cc1cc(NN)cc(OCc2ccccc2)c1F.Cl. The summed E-state index contributed by atoms with van der Waals surface area (Å²) in [6, 6.07) is 12.8. The molecule has 2 aromatic rings. The second-order valence-electron chi connectivity index (χ2n) is 4.02. The van der Waals surface area contributed by atoms with Crippen molar-refractivity contribution in [2.45, 2.75) is 13.5 Å². The average molecular weight is 283 g/mol. The molecule has 0 aliphatic heterocycles. The zero-order valence-electron chi connectivity index (χ0n) is 10.5. The third kappa shape index (κ3) is 3.84. The third-order valence-electron chi connectivity index (χ3n) is 2.62. The summed E-state index contributed by atoms with van der Waals surface area (Å²) in [5, 5.41) is 0. The fraction of sp³-hybridized carbons (Fsp3) is 0.143. The molecular formula is C14H16ClFN2O. The molecule has 0 aliphatic rings. The first-order valence-electron chi connectivity index (χ1n) is 5.64. The number of nitrogen functional groups attached to an aromatic ring is 1. The summed E-state index contributed by atoms with van der Waals surface area (Å²) in [6.07, 6.45) is 0. The highest BCUT2D eigenvalue weighted by molar-refractivity contribution is 5.85. The number of ether oxygens (including phenoxy) is 1. The van der Waals surface area contributed by atoms with Crippen LogP contribution < -0.4 is 16.0 Å². The summed E-state index contributed by atoms with van der Waals surface area (Å²) in [6.45, 7) is 2.00. The molecule has 0 bridgehead atoms. The highest BCUT2D eigenvalue weighted by Gasteiger charge is 2.09. The Morgan fingerprint density at radius 3 is 2.53 bits per heavy atom. The lowest BCUT2D eigenvalue weighted by molar-refractivity contribution is 0.290. The highest BCUT2D eigenvalue weighted by atomic mass is 35.5. The van der Waals surface area contributed by atoms with Crippen molar-refractivity contribution in [2.75, 3.05) is 5.43 Å². The molecule has 0 aromatic heterocycles. The number of benzene rings is 2. The van der Waals surface area contributed by atoms with E-state index in [2.05, 4.69) is 5.43 Å². The minimum atomic E-state index is -0.357. The van der Waals surface area contributed by atoms with Gasteiger partial charge in [0, 0.05) is 6.07 Å². The van der Waals surface area contributed by atoms with Crippen molar-refractivity contribution in [3.63, 3.8) is 0 Å². The second kappa shape index (κ2) is 6.97. The van der Waals surface area contributed by atoms with Crippen LogP contribution in [0.25, 0.3) is 0 Å². The number of anilines is 1.